The molecule has 0 rings (SSSR count). The number of halogens is 2. The number of aliphatic carboxylic acids is 1. The van der Waals surface area contributed by atoms with Crippen molar-refractivity contribution < 1.29 is 14.7 Å². The molecule has 0 saturated heterocycles. The number of nitrogens with zero attached hydrogens (tertiary/aromatic N) is 2. The molecule has 0 atom stereocenters. The molecule has 0 aliphatic carbocycles. The van der Waals surface area contributed by atoms with Crippen molar-refractivity contribution in [2.75, 3.05) is 13.1 Å². The Hall–Kier alpha value is -0.520. The van der Waals surface area contributed by atoms with Gasteiger partial charge in [-0.3, -0.25) is 9.59 Å². The van der Waals surface area contributed by atoms with Crippen LogP contribution in [0.15, 0.2) is 0 Å². The summed E-state index contributed by atoms with van der Waals surface area (Å²) in [4.78, 5) is 23.5. The van der Waals surface area contributed by atoms with Gasteiger partial charge in [-0.05, 0) is 44.3 Å². The lowest BCUT2D eigenvalue weighted by Crippen LogP contribution is -2.51. The van der Waals surface area contributed by atoms with Crippen LogP contribution in [0.5, 0.6) is 0 Å². The normalized spacial score (nSPS) is 11.6. The van der Waals surface area contributed by atoms with E-state index in [1.54, 1.807) is 6.92 Å². The smallest absolute Gasteiger partial charge is 0.323 e. The molecule has 0 aliphatic heterocycles. The molecule has 5 nitrogen and oxygen atoms in total. The van der Waals surface area contributed by atoms with Crippen molar-refractivity contribution in [3.63, 3.8) is 0 Å². The van der Waals surface area contributed by atoms with E-state index in [2.05, 4.69) is 0 Å². The number of carbonyl (C=O) groups is 2. The second-order valence-electron chi connectivity index (χ2n) is 3.51. The van der Waals surface area contributed by atoms with Gasteiger partial charge in [-0.15, -0.1) is 3.94 Å². The van der Waals surface area contributed by atoms with Gasteiger partial charge in [0, 0.05) is 6.54 Å². The van der Waals surface area contributed by atoms with E-state index < -0.39 is 17.4 Å². The van der Waals surface area contributed by atoms with E-state index in [1.165, 1.54) is 18.7 Å². The topological polar surface area (TPSA) is 60.9 Å². The minimum atomic E-state index is -1.14. The highest BCUT2D eigenvalue weighted by Gasteiger charge is 2.37. The molecule has 1 amide bonds. The maximum Gasteiger partial charge on any atom is 0.323 e. The predicted molar refractivity (Wildman–Crippen MR) is 57.5 cm³/mol. The Labute approximate surface area is 98.8 Å². The first-order valence-corrected chi connectivity index (χ1v) is 5.04. The zero-order valence-corrected chi connectivity index (χ0v) is 10.3. The first kappa shape index (κ1) is 14.5. The lowest BCUT2D eigenvalue weighted by Gasteiger charge is -2.31. The van der Waals surface area contributed by atoms with Crippen LogP contribution < -0.4 is 0 Å². The lowest BCUT2D eigenvalue weighted by atomic mass is 10.1. The summed E-state index contributed by atoms with van der Waals surface area (Å²) in [6.45, 7) is 4.64. The van der Waals surface area contributed by atoms with E-state index in [9.17, 15) is 9.59 Å². The van der Waals surface area contributed by atoms with Gasteiger partial charge < -0.3 is 10.0 Å². The Balaban J connectivity index is 4.72. The summed E-state index contributed by atoms with van der Waals surface area (Å²) in [7, 11) is 0. The standard InChI is InChI=1S/C8H14Cl2N2O3/c1-4-11(5-6(13)14)7(15)8(2,3)12(9)10/h4-5H2,1-3H3,(H,13,14). The van der Waals surface area contributed by atoms with Crippen molar-refractivity contribution in [1.82, 2.24) is 8.84 Å². The van der Waals surface area contributed by atoms with Crippen LogP contribution in [0.3, 0.4) is 0 Å². The van der Waals surface area contributed by atoms with E-state index in [1.807, 2.05) is 0 Å². The van der Waals surface area contributed by atoms with Gasteiger partial charge in [-0.2, -0.15) is 0 Å². The van der Waals surface area contributed by atoms with Gasteiger partial charge in [0.15, 0.2) is 0 Å². The van der Waals surface area contributed by atoms with Crippen LogP contribution in [-0.2, 0) is 9.59 Å². The van der Waals surface area contributed by atoms with E-state index in [-0.39, 0.29) is 13.1 Å². The second kappa shape index (κ2) is 5.53. The molecule has 0 radical (unpaired) electrons. The highest BCUT2D eigenvalue weighted by atomic mass is 35.5. The van der Waals surface area contributed by atoms with Gasteiger partial charge >= 0.3 is 5.97 Å². The Morgan fingerprint density at radius 2 is 1.80 bits per heavy atom. The van der Waals surface area contributed by atoms with Crippen LogP contribution in [0.2, 0.25) is 0 Å². The Morgan fingerprint density at radius 3 is 2.07 bits per heavy atom. The molecule has 7 heteroatoms. The molecule has 1 N–H and O–H groups in total. The predicted octanol–water partition coefficient (Wildman–Crippen LogP) is 1.31. The molecule has 0 aliphatic rings. The minimum Gasteiger partial charge on any atom is -0.480 e. The molecule has 0 heterocycles. The van der Waals surface area contributed by atoms with Gasteiger partial charge in [0.1, 0.15) is 12.1 Å². The Morgan fingerprint density at radius 1 is 1.33 bits per heavy atom. The third kappa shape index (κ3) is 3.85. The molecule has 0 spiro atoms. The molecule has 0 bridgehead atoms. The molecule has 0 aromatic carbocycles. The highest BCUT2D eigenvalue weighted by molar-refractivity contribution is 6.35. The van der Waals surface area contributed by atoms with E-state index in [0.29, 0.717) is 0 Å². The van der Waals surface area contributed by atoms with Crippen molar-refractivity contribution in [1.29, 1.82) is 0 Å². The third-order valence-electron chi connectivity index (χ3n) is 1.94. The van der Waals surface area contributed by atoms with Crippen molar-refractivity contribution >= 4 is 35.4 Å². The quantitative estimate of drug-likeness (QED) is 0.754. The van der Waals surface area contributed by atoms with Gasteiger partial charge in [-0.1, -0.05) is 0 Å². The fraction of sp³-hybridized carbons (Fsp3) is 0.750. The first-order valence-electron chi connectivity index (χ1n) is 4.36. The average Bonchev–Trinajstić information content (AvgIpc) is 2.12. The number of hydrogen-bond donors (Lipinski definition) is 1. The summed E-state index contributed by atoms with van der Waals surface area (Å²) < 4.78 is 0.722. The maximum atomic E-state index is 11.8. The van der Waals surface area contributed by atoms with Crippen LogP contribution in [0.4, 0.5) is 0 Å². The molecule has 0 saturated carbocycles. The largest absolute Gasteiger partial charge is 0.480 e. The Bertz CT molecular complexity index is 256. The number of carboxylic acid groups (broad SMARTS) is 1. The number of amides is 1. The van der Waals surface area contributed by atoms with Gasteiger partial charge in [0.25, 0.3) is 0 Å². The lowest BCUT2D eigenvalue weighted by molar-refractivity contribution is -0.147. The molecule has 15 heavy (non-hydrogen) atoms. The van der Waals surface area contributed by atoms with Crippen molar-refractivity contribution in [3.05, 3.63) is 0 Å². The van der Waals surface area contributed by atoms with E-state index >= 15 is 0 Å². The summed E-state index contributed by atoms with van der Waals surface area (Å²) in [6, 6.07) is 0. The number of likely N-dealkylation sites (N-methyl/N-ethyl adjacent to an activating group) is 1. The summed E-state index contributed by atoms with van der Waals surface area (Å²) >= 11 is 11.0. The summed E-state index contributed by atoms with van der Waals surface area (Å²) in [5, 5.41) is 8.59. The van der Waals surface area contributed by atoms with Crippen molar-refractivity contribution in [3.8, 4) is 0 Å². The van der Waals surface area contributed by atoms with Crippen molar-refractivity contribution in [2.24, 2.45) is 0 Å². The van der Waals surface area contributed by atoms with Crippen LogP contribution >= 0.6 is 23.6 Å². The van der Waals surface area contributed by atoms with Crippen LogP contribution in [-0.4, -0.2) is 44.4 Å². The average molecular weight is 257 g/mol. The molecule has 88 valence electrons. The fourth-order valence-electron chi connectivity index (χ4n) is 0.950. The summed E-state index contributed by atoms with van der Waals surface area (Å²) in [5.74, 6) is -1.51. The van der Waals surface area contributed by atoms with Gasteiger partial charge in [0.2, 0.25) is 5.91 Å². The minimum absolute atomic E-state index is 0.288. The molecule has 0 unspecified atom stereocenters. The SMILES string of the molecule is CCN(CC(=O)O)C(=O)C(C)(C)N(Cl)Cl. The Kier molecular flexibility index (Phi) is 5.34. The molecular weight excluding hydrogens is 243 g/mol. The third-order valence-corrected chi connectivity index (χ3v) is 2.79. The van der Waals surface area contributed by atoms with Crippen molar-refractivity contribution in [2.45, 2.75) is 26.3 Å². The van der Waals surface area contributed by atoms with E-state index in [0.717, 1.165) is 3.94 Å². The molecule has 0 aromatic rings. The monoisotopic (exact) mass is 256 g/mol. The zero-order chi connectivity index (χ0) is 12.2. The van der Waals surface area contributed by atoms with Gasteiger partial charge in [0.05, 0.1) is 0 Å². The number of hydrogen-bond acceptors (Lipinski definition) is 3. The maximum absolute atomic E-state index is 11.8. The second-order valence-corrected chi connectivity index (χ2v) is 4.35. The van der Waals surface area contributed by atoms with Gasteiger partial charge in [-0.25, -0.2) is 0 Å². The molecule has 0 aromatic heterocycles. The number of carboxylic acids is 1. The zero-order valence-electron chi connectivity index (χ0n) is 8.83. The van der Waals surface area contributed by atoms with Crippen LogP contribution in [0, 0.1) is 0 Å². The van der Waals surface area contributed by atoms with Crippen LogP contribution in [0.1, 0.15) is 20.8 Å². The first-order chi connectivity index (χ1) is 6.73. The van der Waals surface area contributed by atoms with Crippen LogP contribution in [0.25, 0.3) is 0 Å². The summed E-state index contributed by atoms with van der Waals surface area (Å²) in [6.07, 6.45) is 0. The number of carbonyl (C=O) groups excluding carboxylic acids is 1. The van der Waals surface area contributed by atoms with E-state index in [4.69, 9.17) is 28.7 Å². The number of rotatable bonds is 5. The fourth-order valence-corrected chi connectivity index (χ4v) is 1.09. The molecule has 0 fully saturated rings. The summed E-state index contributed by atoms with van der Waals surface area (Å²) in [5.41, 5.74) is -1.14. The molecular formula is C8H14Cl2N2O3. The highest BCUT2D eigenvalue weighted by Crippen LogP contribution is 2.22.